The normalized spacial score (nSPS) is 9.88. The van der Waals surface area contributed by atoms with Crippen LogP contribution in [-0.2, 0) is 0 Å². The highest BCUT2D eigenvalue weighted by atomic mass is 16.5. The second-order valence-electron chi connectivity index (χ2n) is 4.96. The molecule has 0 atom stereocenters. The van der Waals surface area contributed by atoms with Crippen molar-refractivity contribution in [3.63, 3.8) is 0 Å². The maximum absolute atomic E-state index is 12.4. The molecule has 2 rings (SSSR count). The third-order valence-electron chi connectivity index (χ3n) is 3.23. The lowest BCUT2D eigenvalue weighted by Crippen LogP contribution is -2.23. The maximum atomic E-state index is 12.4. The lowest BCUT2D eigenvalue weighted by Gasteiger charge is -2.11. The molecule has 2 aromatic carbocycles. The SMILES string of the molecule is C=CCNC(=O)c1cccc(C(=O)Nc2ccccc2OCC)c1. The van der Waals surface area contributed by atoms with Gasteiger partial charge in [-0.05, 0) is 37.3 Å². The molecule has 0 spiro atoms. The first-order valence-corrected chi connectivity index (χ1v) is 7.68. The molecule has 0 saturated heterocycles. The minimum Gasteiger partial charge on any atom is -0.492 e. The zero-order valence-electron chi connectivity index (χ0n) is 13.5. The highest BCUT2D eigenvalue weighted by molar-refractivity contribution is 6.06. The third kappa shape index (κ3) is 4.46. The van der Waals surface area contributed by atoms with E-state index in [0.717, 1.165) is 0 Å². The predicted molar refractivity (Wildman–Crippen MR) is 94.5 cm³/mol. The Morgan fingerprint density at radius 2 is 1.79 bits per heavy atom. The smallest absolute Gasteiger partial charge is 0.255 e. The highest BCUT2D eigenvalue weighted by Crippen LogP contribution is 2.24. The van der Waals surface area contributed by atoms with E-state index in [1.165, 1.54) is 0 Å². The number of hydrogen-bond acceptors (Lipinski definition) is 3. The average Bonchev–Trinajstić information content (AvgIpc) is 2.61. The van der Waals surface area contributed by atoms with Crippen LogP contribution in [0.3, 0.4) is 0 Å². The van der Waals surface area contributed by atoms with Gasteiger partial charge in [-0.3, -0.25) is 9.59 Å². The fourth-order valence-corrected chi connectivity index (χ4v) is 2.11. The molecular weight excluding hydrogens is 304 g/mol. The molecule has 24 heavy (non-hydrogen) atoms. The molecule has 2 N–H and O–H groups in total. The number of carbonyl (C=O) groups excluding carboxylic acids is 2. The van der Waals surface area contributed by atoms with Crippen LogP contribution in [0.15, 0.2) is 61.2 Å². The molecule has 2 aromatic rings. The van der Waals surface area contributed by atoms with Gasteiger partial charge in [0.1, 0.15) is 5.75 Å². The first-order chi connectivity index (χ1) is 11.7. The van der Waals surface area contributed by atoms with Crippen LogP contribution in [0, 0.1) is 0 Å². The summed E-state index contributed by atoms with van der Waals surface area (Å²) in [5, 5.41) is 5.49. The molecule has 5 heteroatoms. The summed E-state index contributed by atoms with van der Waals surface area (Å²) in [6.07, 6.45) is 1.60. The Labute approximate surface area is 141 Å². The molecule has 0 fully saturated rings. The summed E-state index contributed by atoms with van der Waals surface area (Å²) in [6, 6.07) is 13.7. The predicted octanol–water partition coefficient (Wildman–Crippen LogP) is 3.25. The van der Waals surface area contributed by atoms with Gasteiger partial charge >= 0.3 is 0 Å². The third-order valence-corrected chi connectivity index (χ3v) is 3.23. The second kappa shape index (κ2) is 8.53. The van der Waals surface area contributed by atoms with Crippen LogP contribution < -0.4 is 15.4 Å². The van der Waals surface area contributed by atoms with Crippen LogP contribution in [-0.4, -0.2) is 25.0 Å². The van der Waals surface area contributed by atoms with E-state index in [0.29, 0.717) is 35.7 Å². The van der Waals surface area contributed by atoms with Crippen molar-refractivity contribution < 1.29 is 14.3 Å². The fourth-order valence-electron chi connectivity index (χ4n) is 2.11. The summed E-state index contributed by atoms with van der Waals surface area (Å²) >= 11 is 0. The quantitative estimate of drug-likeness (QED) is 0.768. The van der Waals surface area contributed by atoms with Gasteiger partial charge in [-0.15, -0.1) is 6.58 Å². The topological polar surface area (TPSA) is 67.4 Å². The Hall–Kier alpha value is -3.08. The minimum atomic E-state index is -0.305. The molecule has 0 aliphatic heterocycles. The Morgan fingerprint density at radius 3 is 2.50 bits per heavy atom. The van der Waals surface area contributed by atoms with Crippen LogP contribution in [0.5, 0.6) is 5.75 Å². The molecule has 2 amide bonds. The summed E-state index contributed by atoms with van der Waals surface area (Å²) in [7, 11) is 0. The molecule has 0 aliphatic rings. The van der Waals surface area contributed by atoms with E-state index in [9.17, 15) is 9.59 Å². The van der Waals surface area contributed by atoms with Gasteiger partial charge in [-0.1, -0.05) is 24.3 Å². The van der Waals surface area contributed by atoms with Gasteiger partial charge in [-0.2, -0.15) is 0 Å². The molecule has 0 radical (unpaired) electrons. The first kappa shape index (κ1) is 17.3. The number of amides is 2. The maximum Gasteiger partial charge on any atom is 0.255 e. The lowest BCUT2D eigenvalue weighted by molar-refractivity contribution is 0.0958. The number of anilines is 1. The molecule has 0 aliphatic carbocycles. The highest BCUT2D eigenvalue weighted by Gasteiger charge is 2.12. The fraction of sp³-hybridized carbons (Fsp3) is 0.158. The van der Waals surface area contributed by atoms with Crippen LogP contribution in [0.25, 0.3) is 0 Å². The van der Waals surface area contributed by atoms with Gasteiger partial charge in [0.2, 0.25) is 0 Å². The van der Waals surface area contributed by atoms with E-state index >= 15 is 0 Å². The van der Waals surface area contributed by atoms with Crippen molar-refractivity contribution in [2.45, 2.75) is 6.92 Å². The number of benzene rings is 2. The molecule has 0 saturated carbocycles. The number of ether oxygens (including phenoxy) is 1. The summed E-state index contributed by atoms with van der Waals surface area (Å²) in [4.78, 5) is 24.4. The van der Waals surface area contributed by atoms with Crippen LogP contribution in [0.2, 0.25) is 0 Å². The summed E-state index contributed by atoms with van der Waals surface area (Å²) in [5.41, 5.74) is 1.40. The zero-order chi connectivity index (χ0) is 17.4. The van der Waals surface area contributed by atoms with Gasteiger partial charge in [0, 0.05) is 17.7 Å². The zero-order valence-corrected chi connectivity index (χ0v) is 13.5. The van der Waals surface area contributed by atoms with Gasteiger partial charge < -0.3 is 15.4 Å². The molecule has 0 aromatic heterocycles. The van der Waals surface area contributed by atoms with E-state index in [4.69, 9.17) is 4.74 Å². The first-order valence-electron chi connectivity index (χ1n) is 7.68. The molecule has 124 valence electrons. The molecule has 0 bridgehead atoms. The van der Waals surface area contributed by atoms with E-state index in [1.807, 2.05) is 19.1 Å². The largest absolute Gasteiger partial charge is 0.492 e. The van der Waals surface area contributed by atoms with Gasteiger partial charge in [0.25, 0.3) is 11.8 Å². The van der Waals surface area contributed by atoms with Crippen LogP contribution in [0.1, 0.15) is 27.6 Å². The minimum absolute atomic E-state index is 0.251. The van der Waals surface area contributed by atoms with Crippen molar-refractivity contribution in [2.24, 2.45) is 0 Å². The van der Waals surface area contributed by atoms with Crippen molar-refractivity contribution >= 4 is 17.5 Å². The van der Waals surface area contributed by atoms with Crippen molar-refractivity contribution in [1.82, 2.24) is 5.32 Å². The van der Waals surface area contributed by atoms with Gasteiger partial charge in [0.15, 0.2) is 0 Å². The van der Waals surface area contributed by atoms with Crippen LogP contribution >= 0.6 is 0 Å². The van der Waals surface area contributed by atoms with Crippen molar-refractivity contribution in [3.05, 3.63) is 72.3 Å². The molecule has 0 heterocycles. The Balaban J connectivity index is 2.16. The van der Waals surface area contributed by atoms with E-state index in [1.54, 1.807) is 42.5 Å². The lowest BCUT2D eigenvalue weighted by atomic mass is 10.1. The Morgan fingerprint density at radius 1 is 1.08 bits per heavy atom. The average molecular weight is 324 g/mol. The Bertz CT molecular complexity index is 741. The van der Waals surface area contributed by atoms with Crippen molar-refractivity contribution in [1.29, 1.82) is 0 Å². The van der Waals surface area contributed by atoms with Crippen molar-refractivity contribution in [3.8, 4) is 5.75 Å². The van der Waals surface area contributed by atoms with Gasteiger partial charge in [0.05, 0.1) is 12.3 Å². The summed E-state index contributed by atoms with van der Waals surface area (Å²) in [5.74, 6) is 0.0491. The van der Waals surface area contributed by atoms with E-state index in [2.05, 4.69) is 17.2 Å². The van der Waals surface area contributed by atoms with Gasteiger partial charge in [-0.25, -0.2) is 0 Å². The number of carbonyl (C=O) groups is 2. The Kier molecular flexibility index (Phi) is 6.14. The monoisotopic (exact) mass is 324 g/mol. The number of rotatable bonds is 7. The van der Waals surface area contributed by atoms with Crippen LogP contribution in [0.4, 0.5) is 5.69 Å². The van der Waals surface area contributed by atoms with Crippen molar-refractivity contribution in [2.75, 3.05) is 18.5 Å². The number of para-hydroxylation sites is 2. The van der Waals surface area contributed by atoms with E-state index < -0.39 is 0 Å². The molecule has 5 nitrogen and oxygen atoms in total. The number of hydrogen-bond donors (Lipinski definition) is 2. The standard InChI is InChI=1S/C19H20N2O3/c1-3-12-20-18(22)14-8-7-9-15(13-14)19(23)21-16-10-5-6-11-17(16)24-4-2/h3,5-11,13H,1,4,12H2,2H3,(H,20,22)(H,21,23). The molecule has 0 unspecified atom stereocenters. The number of nitrogens with one attached hydrogen (secondary N) is 2. The summed E-state index contributed by atoms with van der Waals surface area (Å²) < 4.78 is 5.49. The molecular formula is C19H20N2O3. The summed E-state index contributed by atoms with van der Waals surface area (Å²) in [6.45, 7) is 6.31. The van der Waals surface area contributed by atoms with E-state index in [-0.39, 0.29) is 11.8 Å². The second-order valence-corrected chi connectivity index (χ2v) is 4.96.